The molecule has 0 radical (unpaired) electrons. The van der Waals surface area contributed by atoms with Gasteiger partial charge in [0.15, 0.2) is 5.82 Å². The molecule has 0 spiro atoms. The maximum atomic E-state index is 13.5. The summed E-state index contributed by atoms with van der Waals surface area (Å²) in [4.78, 5) is 20.3. The highest BCUT2D eigenvalue weighted by Crippen LogP contribution is 2.38. The first-order valence-corrected chi connectivity index (χ1v) is 10.3. The molecule has 3 aromatic rings. The average Bonchev–Trinajstić information content (AvgIpc) is 3.16. The van der Waals surface area contributed by atoms with Gasteiger partial charge in [0.2, 0.25) is 0 Å². The van der Waals surface area contributed by atoms with Gasteiger partial charge in [-0.15, -0.1) is 0 Å². The molecule has 1 aliphatic rings. The van der Waals surface area contributed by atoms with Gasteiger partial charge in [0, 0.05) is 37.9 Å². The zero-order valence-corrected chi connectivity index (χ0v) is 18.1. The molecular formula is C22H24F3N5O2. The molecule has 7 nitrogen and oxygen atoms in total. The van der Waals surface area contributed by atoms with Crippen molar-refractivity contribution in [3.8, 4) is 11.1 Å². The van der Waals surface area contributed by atoms with Crippen LogP contribution < -0.4 is 4.90 Å². The van der Waals surface area contributed by atoms with E-state index in [0.29, 0.717) is 43.1 Å². The molecule has 1 fully saturated rings. The summed E-state index contributed by atoms with van der Waals surface area (Å²) in [5.74, 6) is 0.611. The number of hydrogen-bond acceptors (Lipinski definition) is 5. The molecule has 4 rings (SSSR count). The van der Waals surface area contributed by atoms with Crippen LogP contribution in [-0.4, -0.2) is 57.4 Å². The molecule has 10 heteroatoms. The zero-order valence-electron chi connectivity index (χ0n) is 18.1. The molecule has 0 aliphatic carbocycles. The Labute approximate surface area is 183 Å². The Bertz CT molecular complexity index is 1130. The van der Waals surface area contributed by atoms with Crippen LogP contribution in [-0.2, 0) is 10.9 Å². The van der Waals surface area contributed by atoms with Crippen molar-refractivity contribution in [1.29, 1.82) is 0 Å². The molecule has 0 saturated carbocycles. The van der Waals surface area contributed by atoms with E-state index in [9.17, 15) is 18.0 Å². The van der Waals surface area contributed by atoms with Gasteiger partial charge in [-0.1, -0.05) is 18.2 Å². The van der Waals surface area contributed by atoms with Crippen LogP contribution in [0.15, 0.2) is 42.9 Å². The third-order valence-corrected chi connectivity index (χ3v) is 5.16. The van der Waals surface area contributed by atoms with Gasteiger partial charge in [-0.2, -0.15) is 18.3 Å². The molecule has 0 bridgehead atoms. The molecule has 1 amide bonds. The van der Waals surface area contributed by atoms with Crippen LogP contribution in [0.3, 0.4) is 0 Å². The monoisotopic (exact) mass is 447 g/mol. The number of nitrogens with zero attached hydrogens (tertiary/aromatic N) is 5. The van der Waals surface area contributed by atoms with Crippen molar-refractivity contribution in [1.82, 2.24) is 19.5 Å². The highest BCUT2D eigenvalue weighted by molar-refractivity contribution is 5.79. The molecule has 170 valence electrons. The number of alkyl halides is 3. The number of carbonyl (C=O) groups is 1. The molecule has 32 heavy (non-hydrogen) atoms. The number of halogens is 3. The summed E-state index contributed by atoms with van der Waals surface area (Å²) in [7, 11) is 0. The predicted octanol–water partition coefficient (Wildman–Crippen LogP) is 4.47. The van der Waals surface area contributed by atoms with E-state index < -0.39 is 17.3 Å². The first kappa shape index (κ1) is 21.9. The van der Waals surface area contributed by atoms with E-state index in [0.717, 1.165) is 6.07 Å². The van der Waals surface area contributed by atoms with E-state index in [1.807, 2.05) is 25.7 Å². The van der Waals surface area contributed by atoms with Crippen LogP contribution in [0.4, 0.5) is 23.8 Å². The maximum absolute atomic E-state index is 13.5. The number of piperazine rings is 1. The molecule has 1 aromatic carbocycles. The predicted molar refractivity (Wildman–Crippen MR) is 113 cm³/mol. The number of hydrogen-bond donors (Lipinski definition) is 0. The standard InChI is InChI=1S/C22H24F3N5O2/c1-21(2,3)32-20(31)29-10-8-28(9-11-29)19-18-12-15(13-30(18)27-14-26-19)16-6-4-5-7-17(16)22(23,24)25/h4-7,12-14H,8-11H2,1-3H3. The van der Waals surface area contributed by atoms with Crippen molar-refractivity contribution in [2.45, 2.75) is 32.5 Å². The van der Waals surface area contributed by atoms with Crippen molar-refractivity contribution in [3.63, 3.8) is 0 Å². The van der Waals surface area contributed by atoms with Gasteiger partial charge in [0.1, 0.15) is 17.4 Å². The fourth-order valence-electron chi connectivity index (χ4n) is 3.72. The lowest BCUT2D eigenvalue weighted by Gasteiger charge is -2.36. The summed E-state index contributed by atoms with van der Waals surface area (Å²) in [5.41, 5.74) is -0.165. The average molecular weight is 447 g/mol. The number of carbonyl (C=O) groups excluding carboxylic acids is 1. The van der Waals surface area contributed by atoms with E-state index in [1.54, 1.807) is 23.2 Å². The number of aromatic nitrogens is 3. The normalized spacial score (nSPS) is 15.3. The third kappa shape index (κ3) is 4.49. The number of fused-ring (bicyclic) bond motifs is 1. The summed E-state index contributed by atoms with van der Waals surface area (Å²) < 4.78 is 47.4. The Hall–Kier alpha value is -3.30. The molecule has 1 aliphatic heterocycles. The fraction of sp³-hybridized carbons (Fsp3) is 0.409. The number of benzene rings is 1. The van der Waals surface area contributed by atoms with E-state index in [-0.39, 0.29) is 11.7 Å². The minimum Gasteiger partial charge on any atom is -0.444 e. The van der Waals surface area contributed by atoms with Crippen molar-refractivity contribution >= 4 is 17.4 Å². The quantitative estimate of drug-likeness (QED) is 0.580. The smallest absolute Gasteiger partial charge is 0.417 e. The Morgan fingerprint density at radius 1 is 1.06 bits per heavy atom. The molecule has 0 N–H and O–H groups in total. The Kier molecular flexibility index (Phi) is 5.47. The van der Waals surface area contributed by atoms with Gasteiger partial charge in [0.05, 0.1) is 5.56 Å². The minimum atomic E-state index is -4.46. The van der Waals surface area contributed by atoms with Gasteiger partial charge in [-0.25, -0.2) is 14.3 Å². The van der Waals surface area contributed by atoms with Crippen LogP contribution in [0, 0.1) is 0 Å². The van der Waals surface area contributed by atoms with Crippen molar-refractivity contribution in [2.24, 2.45) is 0 Å². The highest BCUT2D eigenvalue weighted by atomic mass is 19.4. The van der Waals surface area contributed by atoms with Gasteiger partial charge in [-0.3, -0.25) is 0 Å². The van der Waals surface area contributed by atoms with E-state index in [1.165, 1.54) is 23.0 Å². The summed E-state index contributed by atoms with van der Waals surface area (Å²) >= 11 is 0. The third-order valence-electron chi connectivity index (χ3n) is 5.16. The number of ether oxygens (including phenoxy) is 1. The van der Waals surface area contributed by atoms with Crippen LogP contribution >= 0.6 is 0 Å². The minimum absolute atomic E-state index is 0.0891. The lowest BCUT2D eigenvalue weighted by atomic mass is 10.0. The first-order chi connectivity index (χ1) is 15.0. The highest BCUT2D eigenvalue weighted by Gasteiger charge is 2.34. The fourth-order valence-corrected chi connectivity index (χ4v) is 3.72. The van der Waals surface area contributed by atoms with E-state index in [4.69, 9.17) is 4.74 Å². The molecule has 0 atom stereocenters. The van der Waals surface area contributed by atoms with Crippen LogP contribution in [0.25, 0.3) is 16.6 Å². The van der Waals surface area contributed by atoms with Crippen LogP contribution in [0.2, 0.25) is 0 Å². The lowest BCUT2D eigenvalue weighted by molar-refractivity contribution is -0.137. The zero-order chi connectivity index (χ0) is 23.1. The summed E-state index contributed by atoms with van der Waals surface area (Å²) in [6.45, 7) is 7.40. The number of amides is 1. The lowest BCUT2D eigenvalue weighted by Crippen LogP contribution is -2.50. The second kappa shape index (κ2) is 7.99. The van der Waals surface area contributed by atoms with Gasteiger partial charge < -0.3 is 14.5 Å². The van der Waals surface area contributed by atoms with Crippen LogP contribution in [0.5, 0.6) is 0 Å². The maximum Gasteiger partial charge on any atom is 0.417 e. The van der Waals surface area contributed by atoms with Crippen molar-refractivity contribution in [3.05, 3.63) is 48.4 Å². The second-order valence-electron chi connectivity index (χ2n) is 8.64. The second-order valence-corrected chi connectivity index (χ2v) is 8.64. The van der Waals surface area contributed by atoms with Crippen molar-refractivity contribution in [2.75, 3.05) is 31.1 Å². The molecule has 2 aromatic heterocycles. The largest absolute Gasteiger partial charge is 0.444 e. The number of rotatable bonds is 2. The van der Waals surface area contributed by atoms with Crippen LogP contribution in [0.1, 0.15) is 26.3 Å². The number of anilines is 1. The Morgan fingerprint density at radius 2 is 1.75 bits per heavy atom. The SMILES string of the molecule is CC(C)(C)OC(=O)N1CCN(c2ncnn3cc(-c4ccccc4C(F)(F)F)cc23)CC1. The molecule has 1 saturated heterocycles. The molecule has 3 heterocycles. The van der Waals surface area contributed by atoms with Gasteiger partial charge in [-0.05, 0) is 38.5 Å². The first-order valence-electron chi connectivity index (χ1n) is 10.3. The molecular weight excluding hydrogens is 423 g/mol. The summed E-state index contributed by atoms with van der Waals surface area (Å²) in [5, 5.41) is 4.17. The topological polar surface area (TPSA) is 63.0 Å². The van der Waals surface area contributed by atoms with Gasteiger partial charge >= 0.3 is 12.3 Å². The summed E-state index contributed by atoms with van der Waals surface area (Å²) in [6.07, 6.45) is -1.87. The van der Waals surface area contributed by atoms with E-state index in [2.05, 4.69) is 10.1 Å². The summed E-state index contributed by atoms with van der Waals surface area (Å²) in [6, 6.07) is 7.14. The Balaban J connectivity index is 1.59. The van der Waals surface area contributed by atoms with Crippen molar-refractivity contribution < 1.29 is 22.7 Å². The van der Waals surface area contributed by atoms with Gasteiger partial charge in [0.25, 0.3) is 0 Å². The molecule has 0 unspecified atom stereocenters. The Morgan fingerprint density at radius 3 is 2.41 bits per heavy atom. The van der Waals surface area contributed by atoms with E-state index >= 15 is 0 Å².